The molecule has 0 heterocycles. The molecule has 0 unspecified atom stereocenters. The topological polar surface area (TPSA) is 61.8 Å². The SMILES string of the molecule is CCN(CCO)CC(=O)NCc1cccc(OC)c1. The molecule has 1 aromatic rings. The lowest BCUT2D eigenvalue weighted by atomic mass is 10.2. The summed E-state index contributed by atoms with van der Waals surface area (Å²) < 4.78 is 5.13. The summed E-state index contributed by atoms with van der Waals surface area (Å²) in [6, 6.07) is 7.59. The molecule has 0 aliphatic carbocycles. The predicted molar refractivity (Wildman–Crippen MR) is 74.0 cm³/mol. The molecule has 0 atom stereocenters. The number of hydrogen-bond acceptors (Lipinski definition) is 4. The predicted octanol–water partition coefficient (Wildman–Crippen LogP) is 0.626. The molecule has 0 radical (unpaired) electrons. The molecular formula is C14H22N2O3. The Labute approximate surface area is 114 Å². The zero-order valence-electron chi connectivity index (χ0n) is 11.6. The van der Waals surface area contributed by atoms with E-state index in [1.165, 1.54) is 0 Å². The molecule has 0 aromatic heterocycles. The van der Waals surface area contributed by atoms with Crippen LogP contribution in [0, 0.1) is 0 Å². The zero-order valence-corrected chi connectivity index (χ0v) is 11.6. The molecule has 106 valence electrons. The maximum atomic E-state index is 11.7. The van der Waals surface area contributed by atoms with Crippen LogP contribution in [0.25, 0.3) is 0 Å². The summed E-state index contributed by atoms with van der Waals surface area (Å²) in [5.74, 6) is 0.736. The van der Waals surface area contributed by atoms with Gasteiger partial charge in [-0.2, -0.15) is 0 Å². The highest BCUT2D eigenvalue weighted by atomic mass is 16.5. The van der Waals surface area contributed by atoms with Gasteiger partial charge in [0.15, 0.2) is 0 Å². The first kappa shape index (κ1) is 15.5. The van der Waals surface area contributed by atoms with Gasteiger partial charge in [0.1, 0.15) is 5.75 Å². The molecule has 0 saturated heterocycles. The summed E-state index contributed by atoms with van der Waals surface area (Å²) >= 11 is 0. The van der Waals surface area contributed by atoms with Crippen molar-refractivity contribution in [1.29, 1.82) is 0 Å². The lowest BCUT2D eigenvalue weighted by molar-refractivity contribution is -0.122. The van der Waals surface area contributed by atoms with Crippen molar-refractivity contribution in [3.63, 3.8) is 0 Å². The van der Waals surface area contributed by atoms with Crippen molar-refractivity contribution in [1.82, 2.24) is 10.2 Å². The largest absolute Gasteiger partial charge is 0.497 e. The average molecular weight is 266 g/mol. The minimum atomic E-state index is -0.0434. The summed E-state index contributed by atoms with van der Waals surface area (Å²) in [7, 11) is 1.62. The fraction of sp³-hybridized carbons (Fsp3) is 0.500. The quantitative estimate of drug-likeness (QED) is 0.724. The van der Waals surface area contributed by atoms with E-state index in [0.29, 0.717) is 19.6 Å². The Morgan fingerprint density at radius 3 is 2.89 bits per heavy atom. The van der Waals surface area contributed by atoms with Crippen LogP contribution in [-0.4, -0.2) is 49.3 Å². The van der Waals surface area contributed by atoms with Gasteiger partial charge in [0.2, 0.25) is 5.91 Å². The Morgan fingerprint density at radius 2 is 2.26 bits per heavy atom. The maximum absolute atomic E-state index is 11.7. The van der Waals surface area contributed by atoms with Gasteiger partial charge < -0.3 is 15.2 Å². The average Bonchev–Trinajstić information content (AvgIpc) is 2.45. The van der Waals surface area contributed by atoms with Crippen LogP contribution in [0.2, 0.25) is 0 Å². The number of aliphatic hydroxyl groups excluding tert-OH is 1. The van der Waals surface area contributed by atoms with Gasteiger partial charge in [-0.25, -0.2) is 0 Å². The molecule has 0 saturated carbocycles. The van der Waals surface area contributed by atoms with Gasteiger partial charge in [-0.3, -0.25) is 9.69 Å². The smallest absolute Gasteiger partial charge is 0.234 e. The van der Waals surface area contributed by atoms with Gasteiger partial charge in [-0.15, -0.1) is 0 Å². The van der Waals surface area contributed by atoms with Crippen molar-refractivity contribution in [3.8, 4) is 5.75 Å². The van der Waals surface area contributed by atoms with Crippen LogP contribution in [-0.2, 0) is 11.3 Å². The van der Waals surface area contributed by atoms with Crippen molar-refractivity contribution in [2.45, 2.75) is 13.5 Å². The molecule has 5 heteroatoms. The first-order valence-corrected chi connectivity index (χ1v) is 6.42. The number of methoxy groups -OCH3 is 1. The molecule has 1 amide bonds. The minimum absolute atomic E-state index is 0.0434. The molecule has 0 bridgehead atoms. The van der Waals surface area contributed by atoms with Crippen LogP contribution < -0.4 is 10.1 Å². The van der Waals surface area contributed by atoms with Gasteiger partial charge in [-0.1, -0.05) is 19.1 Å². The van der Waals surface area contributed by atoms with Crippen LogP contribution in [0.5, 0.6) is 5.75 Å². The molecule has 0 spiro atoms. The van der Waals surface area contributed by atoms with E-state index in [1.54, 1.807) is 7.11 Å². The van der Waals surface area contributed by atoms with E-state index in [4.69, 9.17) is 9.84 Å². The Kier molecular flexibility index (Phi) is 6.92. The second-order valence-corrected chi connectivity index (χ2v) is 4.22. The second kappa shape index (κ2) is 8.50. The third-order valence-electron chi connectivity index (χ3n) is 2.85. The van der Waals surface area contributed by atoms with Crippen molar-refractivity contribution in [2.24, 2.45) is 0 Å². The number of aliphatic hydroxyl groups is 1. The summed E-state index contributed by atoms with van der Waals surface area (Å²) in [6.45, 7) is 4.08. The van der Waals surface area contributed by atoms with Gasteiger partial charge in [0.05, 0.1) is 20.3 Å². The lowest BCUT2D eigenvalue weighted by Gasteiger charge is -2.18. The Bertz CT molecular complexity index is 396. The molecule has 0 aliphatic heterocycles. The number of benzene rings is 1. The zero-order chi connectivity index (χ0) is 14.1. The lowest BCUT2D eigenvalue weighted by Crippen LogP contribution is -2.38. The molecule has 5 nitrogen and oxygen atoms in total. The molecular weight excluding hydrogens is 244 g/mol. The van der Waals surface area contributed by atoms with E-state index >= 15 is 0 Å². The third kappa shape index (κ3) is 5.72. The standard InChI is InChI=1S/C14H22N2O3/c1-3-16(7-8-17)11-14(18)15-10-12-5-4-6-13(9-12)19-2/h4-6,9,17H,3,7-8,10-11H2,1-2H3,(H,15,18). The highest BCUT2D eigenvalue weighted by Crippen LogP contribution is 2.11. The van der Waals surface area contributed by atoms with Crippen molar-refractivity contribution in [3.05, 3.63) is 29.8 Å². The number of hydrogen-bond donors (Lipinski definition) is 2. The normalized spacial score (nSPS) is 10.5. The number of amides is 1. The van der Waals surface area contributed by atoms with Crippen molar-refractivity contribution < 1.29 is 14.6 Å². The fourth-order valence-electron chi connectivity index (χ4n) is 1.73. The molecule has 19 heavy (non-hydrogen) atoms. The van der Waals surface area contributed by atoms with Gasteiger partial charge in [-0.05, 0) is 24.2 Å². The second-order valence-electron chi connectivity index (χ2n) is 4.22. The number of nitrogens with one attached hydrogen (secondary N) is 1. The maximum Gasteiger partial charge on any atom is 0.234 e. The van der Waals surface area contributed by atoms with Gasteiger partial charge in [0, 0.05) is 13.1 Å². The number of nitrogens with zero attached hydrogens (tertiary/aromatic N) is 1. The van der Waals surface area contributed by atoms with E-state index in [2.05, 4.69) is 5.32 Å². The summed E-state index contributed by atoms with van der Waals surface area (Å²) in [6.07, 6.45) is 0. The van der Waals surface area contributed by atoms with E-state index in [-0.39, 0.29) is 12.5 Å². The Balaban J connectivity index is 2.40. The van der Waals surface area contributed by atoms with E-state index in [9.17, 15) is 4.79 Å². The third-order valence-corrected chi connectivity index (χ3v) is 2.85. The van der Waals surface area contributed by atoms with Gasteiger partial charge in [0.25, 0.3) is 0 Å². The van der Waals surface area contributed by atoms with Crippen LogP contribution >= 0.6 is 0 Å². The van der Waals surface area contributed by atoms with E-state index in [1.807, 2.05) is 36.1 Å². The number of rotatable bonds is 8. The van der Waals surface area contributed by atoms with Crippen LogP contribution in [0.15, 0.2) is 24.3 Å². The summed E-state index contributed by atoms with van der Waals surface area (Å²) in [5, 5.41) is 11.7. The van der Waals surface area contributed by atoms with E-state index in [0.717, 1.165) is 17.9 Å². The number of carbonyl (C=O) groups is 1. The molecule has 0 aliphatic rings. The monoisotopic (exact) mass is 266 g/mol. The Morgan fingerprint density at radius 1 is 1.47 bits per heavy atom. The summed E-state index contributed by atoms with van der Waals surface area (Å²) in [5.41, 5.74) is 0.998. The minimum Gasteiger partial charge on any atom is -0.497 e. The molecule has 1 rings (SSSR count). The van der Waals surface area contributed by atoms with Gasteiger partial charge >= 0.3 is 0 Å². The van der Waals surface area contributed by atoms with Crippen LogP contribution in [0.4, 0.5) is 0 Å². The highest BCUT2D eigenvalue weighted by Gasteiger charge is 2.08. The fourth-order valence-corrected chi connectivity index (χ4v) is 1.73. The first-order chi connectivity index (χ1) is 9.19. The number of likely N-dealkylation sites (N-methyl/N-ethyl adjacent to an activating group) is 1. The van der Waals surface area contributed by atoms with E-state index < -0.39 is 0 Å². The number of ether oxygens (including phenoxy) is 1. The first-order valence-electron chi connectivity index (χ1n) is 6.42. The van der Waals surface area contributed by atoms with Crippen LogP contribution in [0.1, 0.15) is 12.5 Å². The highest BCUT2D eigenvalue weighted by molar-refractivity contribution is 5.78. The Hall–Kier alpha value is -1.59. The molecule has 1 aromatic carbocycles. The number of carbonyl (C=O) groups excluding carboxylic acids is 1. The summed E-state index contributed by atoms with van der Waals surface area (Å²) in [4.78, 5) is 13.6. The molecule has 2 N–H and O–H groups in total. The van der Waals surface area contributed by atoms with Crippen molar-refractivity contribution >= 4 is 5.91 Å². The molecule has 0 fully saturated rings. The van der Waals surface area contributed by atoms with Crippen molar-refractivity contribution in [2.75, 3.05) is 33.4 Å². The van der Waals surface area contributed by atoms with Crippen LogP contribution in [0.3, 0.4) is 0 Å².